The van der Waals surface area contributed by atoms with E-state index in [4.69, 9.17) is 25.9 Å². The molecule has 2 aliphatic heterocycles. The van der Waals surface area contributed by atoms with Crippen LogP contribution in [0.1, 0.15) is 25.8 Å². The van der Waals surface area contributed by atoms with E-state index in [9.17, 15) is 0 Å². The fraction of sp³-hybridized carbons (Fsp3) is 0.500. The molecule has 1 fully saturated rings. The third-order valence-electron chi connectivity index (χ3n) is 3.32. The Balaban J connectivity index is 1.65. The highest BCUT2D eigenvalue weighted by Crippen LogP contribution is 2.29. The molecule has 2 aliphatic rings. The van der Waals surface area contributed by atoms with Crippen molar-refractivity contribution >= 4 is 17.3 Å². The van der Waals surface area contributed by atoms with Crippen LogP contribution in [0.5, 0.6) is 0 Å². The molecular formula is C14H16ClNO3. The molecule has 2 atom stereocenters. The van der Waals surface area contributed by atoms with Gasteiger partial charge in [-0.15, -0.1) is 0 Å². The van der Waals surface area contributed by atoms with Crippen LogP contribution in [0, 0.1) is 0 Å². The zero-order chi connectivity index (χ0) is 13.5. The molecule has 0 unspecified atom stereocenters. The van der Waals surface area contributed by atoms with Gasteiger partial charge in [0.1, 0.15) is 6.10 Å². The third kappa shape index (κ3) is 2.76. The van der Waals surface area contributed by atoms with Crippen LogP contribution in [0.15, 0.2) is 29.4 Å². The summed E-state index contributed by atoms with van der Waals surface area (Å²) in [4.78, 5) is 5.48. The second-order valence-corrected chi connectivity index (χ2v) is 5.70. The standard InChI is InChI=1S/C14H16ClNO3/c1-14(2)17-8-13(18-14)12-7-11(16-19-12)9-3-5-10(15)6-4-9/h3-6,12-13H,7-8H2,1-2H3/t12-,13-/m1/s1. The molecule has 0 bridgehead atoms. The lowest BCUT2D eigenvalue weighted by molar-refractivity contribution is -0.153. The predicted octanol–water partition coefficient (Wildman–Crippen LogP) is 2.98. The Labute approximate surface area is 117 Å². The van der Waals surface area contributed by atoms with Gasteiger partial charge in [0, 0.05) is 11.4 Å². The fourth-order valence-electron chi connectivity index (χ4n) is 2.31. The smallest absolute Gasteiger partial charge is 0.163 e. The minimum atomic E-state index is -0.531. The van der Waals surface area contributed by atoms with Crippen LogP contribution >= 0.6 is 11.6 Å². The van der Waals surface area contributed by atoms with E-state index in [-0.39, 0.29) is 12.2 Å². The minimum absolute atomic E-state index is 0.0662. The predicted molar refractivity (Wildman–Crippen MR) is 72.4 cm³/mol. The molecule has 5 heteroatoms. The van der Waals surface area contributed by atoms with Crippen LogP contribution in [-0.2, 0) is 14.3 Å². The molecule has 0 amide bonds. The molecule has 1 aromatic rings. The van der Waals surface area contributed by atoms with Crippen LogP contribution in [-0.4, -0.2) is 30.3 Å². The monoisotopic (exact) mass is 281 g/mol. The summed E-state index contributed by atoms with van der Waals surface area (Å²) in [7, 11) is 0. The quantitative estimate of drug-likeness (QED) is 0.837. The Hall–Kier alpha value is -1.10. The van der Waals surface area contributed by atoms with Gasteiger partial charge in [0.05, 0.1) is 12.3 Å². The molecule has 19 heavy (non-hydrogen) atoms. The Morgan fingerprint density at radius 1 is 1.21 bits per heavy atom. The van der Waals surface area contributed by atoms with E-state index in [1.54, 1.807) is 0 Å². The number of hydrogen-bond donors (Lipinski definition) is 0. The van der Waals surface area contributed by atoms with Gasteiger partial charge in [0.15, 0.2) is 11.9 Å². The van der Waals surface area contributed by atoms with Crippen molar-refractivity contribution in [2.75, 3.05) is 6.61 Å². The topological polar surface area (TPSA) is 40.0 Å². The lowest BCUT2D eigenvalue weighted by atomic mass is 10.0. The van der Waals surface area contributed by atoms with Gasteiger partial charge in [0.2, 0.25) is 0 Å². The highest BCUT2D eigenvalue weighted by Gasteiger charge is 2.41. The van der Waals surface area contributed by atoms with Crippen molar-refractivity contribution in [1.29, 1.82) is 0 Å². The number of benzene rings is 1. The Morgan fingerprint density at radius 3 is 2.58 bits per heavy atom. The molecule has 4 nitrogen and oxygen atoms in total. The molecule has 3 rings (SSSR count). The first-order valence-corrected chi connectivity index (χ1v) is 6.72. The van der Waals surface area contributed by atoms with E-state index < -0.39 is 5.79 Å². The highest BCUT2D eigenvalue weighted by atomic mass is 35.5. The van der Waals surface area contributed by atoms with Crippen molar-refractivity contribution in [3.63, 3.8) is 0 Å². The van der Waals surface area contributed by atoms with Gasteiger partial charge < -0.3 is 14.3 Å². The average Bonchev–Trinajstić information content (AvgIpc) is 2.96. The van der Waals surface area contributed by atoms with Crippen molar-refractivity contribution in [2.45, 2.75) is 38.3 Å². The summed E-state index contributed by atoms with van der Waals surface area (Å²) in [6.45, 7) is 4.35. The number of hydrogen-bond acceptors (Lipinski definition) is 4. The summed E-state index contributed by atoms with van der Waals surface area (Å²) in [5, 5.41) is 4.86. The van der Waals surface area contributed by atoms with Crippen molar-refractivity contribution in [2.24, 2.45) is 5.16 Å². The molecule has 0 N–H and O–H groups in total. The number of nitrogens with zero attached hydrogens (tertiary/aromatic N) is 1. The zero-order valence-electron chi connectivity index (χ0n) is 10.9. The fourth-order valence-corrected chi connectivity index (χ4v) is 2.43. The van der Waals surface area contributed by atoms with E-state index in [1.165, 1.54) is 0 Å². The van der Waals surface area contributed by atoms with Crippen molar-refractivity contribution in [3.8, 4) is 0 Å². The summed E-state index contributed by atoms with van der Waals surface area (Å²) in [6.07, 6.45) is 0.585. The van der Waals surface area contributed by atoms with Gasteiger partial charge in [-0.1, -0.05) is 28.9 Å². The SMILES string of the molecule is CC1(C)OC[C@H]([C@H]2CC(c3ccc(Cl)cc3)=NO2)O1. The maximum absolute atomic E-state index is 5.87. The van der Waals surface area contributed by atoms with Gasteiger partial charge in [0.25, 0.3) is 0 Å². The second kappa shape index (κ2) is 4.78. The Kier molecular flexibility index (Phi) is 3.25. The molecule has 0 spiro atoms. The first kappa shape index (κ1) is 12.9. The first-order valence-electron chi connectivity index (χ1n) is 6.34. The highest BCUT2D eigenvalue weighted by molar-refractivity contribution is 6.30. The third-order valence-corrected chi connectivity index (χ3v) is 3.57. The largest absolute Gasteiger partial charge is 0.389 e. The van der Waals surface area contributed by atoms with Crippen LogP contribution < -0.4 is 0 Å². The van der Waals surface area contributed by atoms with E-state index in [0.29, 0.717) is 11.6 Å². The summed E-state index contributed by atoms with van der Waals surface area (Å²) in [6, 6.07) is 7.60. The van der Waals surface area contributed by atoms with Crippen LogP contribution in [0.25, 0.3) is 0 Å². The van der Waals surface area contributed by atoms with Crippen LogP contribution in [0.2, 0.25) is 5.02 Å². The lowest BCUT2D eigenvalue weighted by Gasteiger charge is -2.19. The second-order valence-electron chi connectivity index (χ2n) is 5.26. The number of oxime groups is 1. The minimum Gasteiger partial charge on any atom is -0.389 e. The molecular weight excluding hydrogens is 266 g/mol. The molecule has 102 valence electrons. The Morgan fingerprint density at radius 2 is 1.95 bits per heavy atom. The Bertz CT molecular complexity index is 498. The van der Waals surface area contributed by atoms with Crippen molar-refractivity contribution in [3.05, 3.63) is 34.9 Å². The van der Waals surface area contributed by atoms with Crippen LogP contribution in [0.4, 0.5) is 0 Å². The van der Waals surface area contributed by atoms with Crippen molar-refractivity contribution < 1.29 is 14.3 Å². The molecule has 1 aromatic carbocycles. The zero-order valence-corrected chi connectivity index (χ0v) is 11.7. The average molecular weight is 282 g/mol. The van der Waals surface area contributed by atoms with Crippen LogP contribution in [0.3, 0.4) is 0 Å². The van der Waals surface area contributed by atoms with Gasteiger partial charge in [-0.05, 0) is 31.5 Å². The number of halogens is 1. The summed E-state index contributed by atoms with van der Waals surface area (Å²) in [5.41, 5.74) is 1.96. The number of rotatable bonds is 2. The summed E-state index contributed by atoms with van der Waals surface area (Å²) < 4.78 is 11.3. The van der Waals surface area contributed by atoms with Gasteiger partial charge in [-0.3, -0.25) is 0 Å². The van der Waals surface area contributed by atoms with Gasteiger partial charge >= 0.3 is 0 Å². The summed E-state index contributed by atoms with van der Waals surface area (Å²) >= 11 is 5.87. The molecule has 0 aliphatic carbocycles. The molecule has 0 aromatic heterocycles. The van der Waals surface area contributed by atoms with Gasteiger partial charge in [-0.2, -0.15) is 0 Å². The molecule has 2 heterocycles. The van der Waals surface area contributed by atoms with E-state index in [1.807, 2.05) is 38.1 Å². The van der Waals surface area contributed by atoms with Crippen molar-refractivity contribution in [1.82, 2.24) is 0 Å². The number of ether oxygens (including phenoxy) is 2. The molecule has 1 saturated heterocycles. The maximum Gasteiger partial charge on any atom is 0.163 e. The molecule has 0 radical (unpaired) electrons. The first-order chi connectivity index (χ1) is 9.03. The van der Waals surface area contributed by atoms with E-state index in [2.05, 4.69) is 5.16 Å². The van der Waals surface area contributed by atoms with Gasteiger partial charge in [-0.25, -0.2) is 0 Å². The summed E-state index contributed by atoms with van der Waals surface area (Å²) in [5.74, 6) is -0.531. The lowest BCUT2D eigenvalue weighted by Crippen LogP contribution is -2.30. The van der Waals surface area contributed by atoms with E-state index >= 15 is 0 Å². The molecule has 0 saturated carbocycles. The normalized spacial score (nSPS) is 29.1. The van der Waals surface area contributed by atoms with E-state index in [0.717, 1.165) is 17.7 Å². The maximum atomic E-state index is 5.87.